The van der Waals surface area contributed by atoms with Gasteiger partial charge in [0.2, 0.25) is 0 Å². The van der Waals surface area contributed by atoms with Gasteiger partial charge in [-0.05, 0) is 61.7 Å². The van der Waals surface area contributed by atoms with Gasteiger partial charge >= 0.3 is 0 Å². The molecule has 0 aromatic carbocycles. The van der Waals surface area contributed by atoms with E-state index in [-0.39, 0.29) is 22.3 Å². The second kappa shape index (κ2) is 14.4. The zero-order valence-electron chi connectivity index (χ0n) is 15.0. The minimum Gasteiger partial charge on any atom is -0.0776 e. The predicted molar refractivity (Wildman–Crippen MR) is 112 cm³/mol. The highest BCUT2D eigenvalue weighted by Crippen LogP contribution is 2.54. The normalized spacial score (nSPS) is 34.6. The molecule has 0 heterocycles. The molecule has 5 saturated carbocycles. The summed E-state index contributed by atoms with van der Waals surface area (Å²) in [6, 6.07) is 0. The first-order valence-electron chi connectivity index (χ1n) is 9.76. The Morgan fingerprint density at radius 1 is 0.609 bits per heavy atom. The van der Waals surface area contributed by atoms with Gasteiger partial charge in [0.25, 0.3) is 0 Å². The summed E-state index contributed by atoms with van der Waals surface area (Å²) in [5.41, 5.74) is 0.818. The smallest absolute Gasteiger partial charge is 0.0297 e. The van der Waals surface area contributed by atoms with Crippen molar-refractivity contribution >= 4 is 0 Å². The van der Waals surface area contributed by atoms with Crippen LogP contribution < -0.4 is 0 Å². The Labute approximate surface area is 151 Å². The van der Waals surface area contributed by atoms with Gasteiger partial charge in [-0.2, -0.15) is 0 Å². The van der Waals surface area contributed by atoms with Crippen molar-refractivity contribution in [3.63, 3.8) is 0 Å². The number of rotatable bonds is 0. The second-order valence-corrected chi connectivity index (χ2v) is 7.27. The minimum atomic E-state index is 0. The fourth-order valence-corrected chi connectivity index (χ4v) is 4.62. The van der Waals surface area contributed by atoms with E-state index in [2.05, 4.69) is 6.92 Å². The Morgan fingerprint density at radius 2 is 1.13 bits per heavy atom. The maximum Gasteiger partial charge on any atom is -0.0297 e. The third kappa shape index (κ3) is 7.61. The lowest BCUT2D eigenvalue weighted by Crippen LogP contribution is -2.39. The van der Waals surface area contributed by atoms with Crippen LogP contribution in [-0.2, 0) is 0 Å². The monoisotopic (exact) mass is 328 g/mol. The van der Waals surface area contributed by atoms with E-state index >= 15 is 0 Å². The molecule has 0 saturated heterocycles. The Morgan fingerprint density at radius 3 is 1.30 bits per heavy atom. The summed E-state index contributed by atoms with van der Waals surface area (Å²) in [6.45, 7) is 10.5. The van der Waals surface area contributed by atoms with Crippen molar-refractivity contribution in [3.05, 3.63) is 0 Å². The summed E-state index contributed by atoms with van der Waals surface area (Å²) in [5, 5.41) is 0. The molecule has 0 N–H and O–H groups in total. The van der Waals surface area contributed by atoms with E-state index in [9.17, 15) is 0 Å². The average Bonchev–Trinajstić information content (AvgIpc) is 2.49. The molecule has 144 valence electrons. The van der Waals surface area contributed by atoms with Crippen LogP contribution >= 0.6 is 0 Å². The molecule has 0 radical (unpaired) electrons. The highest BCUT2D eigenvalue weighted by atomic mass is 14.5. The Balaban J connectivity index is -0.000000262. The predicted octanol–water partition coefficient (Wildman–Crippen LogP) is 9.13. The molecule has 5 rings (SSSR count). The van der Waals surface area contributed by atoms with Gasteiger partial charge in [0, 0.05) is 0 Å². The maximum atomic E-state index is 2.49. The molecule has 5 fully saturated rings. The molecule has 1 unspecified atom stereocenters. The van der Waals surface area contributed by atoms with E-state index in [4.69, 9.17) is 0 Å². The lowest BCUT2D eigenvalue weighted by atomic mass is 9.55. The molecule has 23 heavy (non-hydrogen) atoms. The van der Waals surface area contributed by atoms with Gasteiger partial charge in [-0.3, -0.25) is 0 Å². The summed E-state index contributed by atoms with van der Waals surface area (Å²) in [7, 11) is 0. The first kappa shape index (κ1) is 27.8. The van der Waals surface area contributed by atoms with E-state index in [1.54, 1.807) is 25.7 Å². The molecule has 0 amide bonds. The fourth-order valence-electron chi connectivity index (χ4n) is 4.62. The van der Waals surface area contributed by atoms with Crippen molar-refractivity contribution in [2.24, 2.45) is 23.2 Å². The van der Waals surface area contributed by atoms with Crippen molar-refractivity contribution in [3.8, 4) is 0 Å². The van der Waals surface area contributed by atoms with Crippen LogP contribution in [0.25, 0.3) is 0 Å². The molecular formula is C23H52. The maximum absolute atomic E-state index is 2.49. The average molecular weight is 329 g/mol. The van der Waals surface area contributed by atoms with Crippen molar-refractivity contribution in [1.82, 2.24) is 0 Å². The molecule has 0 aromatic rings. The molecular weight excluding hydrogens is 276 g/mol. The van der Waals surface area contributed by atoms with Crippen molar-refractivity contribution < 1.29 is 0 Å². The number of hydrogen-bond donors (Lipinski definition) is 0. The number of fused-ring (bicyclic) bond motifs is 3. The SMILES string of the molecule is C.C.C.C1CC2CC(C1)C2.CC.CC.C[C@]12CCCCC1CC2. The molecule has 0 aromatic heterocycles. The zero-order chi connectivity index (χ0) is 15.0. The topological polar surface area (TPSA) is 0 Å². The van der Waals surface area contributed by atoms with Gasteiger partial charge in [-0.1, -0.05) is 89.0 Å². The van der Waals surface area contributed by atoms with Gasteiger partial charge < -0.3 is 0 Å². The third-order valence-electron chi connectivity index (χ3n) is 6.16. The van der Waals surface area contributed by atoms with Crippen LogP contribution in [0.2, 0.25) is 0 Å². The van der Waals surface area contributed by atoms with Crippen LogP contribution in [0.1, 0.15) is 128 Å². The molecule has 5 aliphatic rings. The highest BCUT2D eigenvalue weighted by Gasteiger charge is 2.43. The van der Waals surface area contributed by atoms with Crippen LogP contribution in [0.4, 0.5) is 0 Å². The van der Waals surface area contributed by atoms with Crippen LogP contribution in [-0.4, -0.2) is 0 Å². The van der Waals surface area contributed by atoms with E-state index in [1.165, 1.54) is 56.8 Å². The van der Waals surface area contributed by atoms with Crippen LogP contribution in [0.5, 0.6) is 0 Å². The Bertz CT molecular complexity index is 225. The molecule has 0 aliphatic heterocycles. The van der Waals surface area contributed by atoms with Crippen LogP contribution in [0.15, 0.2) is 0 Å². The first-order chi connectivity index (χ1) is 9.76. The summed E-state index contributed by atoms with van der Waals surface area (Å²) in [6.07, 6.45) is 17.0. The van der Waals surface area contributed by atoms with Gasteiger partial charge in [-0.25, -0.2) is 0 Å². The van der Waals surface area contributed by atoms with E-state index in [0.29, 0.717) is 0 Å². The first-order valence-corrected chi connectivity index (χ1v) is 9.76. The molecule has 2 atom stereocenters. The van der Waals surface area contributed by atoms with Gasteiger partial charge in [0.15, 0.2) is 0 Å². The number of hydrogen-bond acceptors (Lipinski definition) is 0. The molecule has 0 spiro atoms. The minimum absolute atomic E-state index is 0. The van der Waals surface area contributed by atoms with Crippen molar-refractivity contribution in [2.75, 3.05) is 0 Å². The Kier molecular flexibility index (Phi) is 17.4. The summed E-state index contributed by atoms with van der Waals surface area (Å²) in [5.74, 6) is 3.49. The molecule has 0 nitrogen and oxygen atoms in total. The molecule has 0 heteroatoms. The Hall–Kier alpha value is 0. The highest BCUT2D eigenvalue weighted by molar-refractivity contribution is 4.94. The second-order valence-electron chi connectivity index (χ2n) is 7.27. The van der Waals surface area contributed by atoms with Crippen molar-refractivity contribution in [2.45, 2.75) is 128 Å². The fraction of sp³-hybridized carbons (Fsp3) is 1.00. The zero-order valence-corrected chi connectivity index (χ0v) is 15.0. The van der Waals surface area contributed by atoms with E-state index < -0.39 is 0 Å². The standard InChI is InChI=1S/C9H16.C7H12.2C2H6.3CH4/c1-9-6-3-2-4-8(9)5-7-9;1-2-6-4-7(3-1)5-6;2*1-2;;;/h8H,2-7H2,1H3;6-7H,1-5H2;2*1-2H3;3*1H4/t8?,9-;;;;;;/m1....../s1. The summed E-state index contributed by atoms with van der Waals surface area (Å²) < 4.78 is 0. The van der Waals surface area contributed by atoms with Crippen LogP contribution in [0, 0.1) is 23.2 Å². The van der Waals surface area contributed by atoms with Gasteiger partial charge in [-0.15, -0.1) is 0 Å². The van der Waals surface area contributed by atoms with Crippen LogP contribution in [0.3, 0.4) is 0 Å². The van der Waals surface area contributed by atoms with Gasteiger partial charge in [0.05, 0.1) is 0 Å². The van der Waals surface area contributed by atoms with Crippen molar-refractivity contribution in [1.29, 1.82) is 0 Å². The largest absolute Gasteiger partial charge is 0.0776 e. The quantitative estimate of drug-likeness (QED) is 0.416. The van der Waals surface area contributed by atoms with E-state index in [0.717, 1.165) is 11.3 Å². The van der Waals surface area contributed by atoms with Gasteiger partial charge in [0.1, 0.15) is 0 Å². The third-order valence-corrected chi connectivity index (χ3v) is 6.16. The van der Waals surface area contributed by atoms with E-state index in [1.807, 2.05) is 27.7 Å². The lowest BCUT2D eigenvalue weighted by Gasteiger charge is -2.50. The lowest BCUT2D eigenvalue weighted by molar-refractivity contribution is 0.00542. The summed E-state index contributed by atoms with van der Waals surface area (Å²) >= 11 is 0. The summed E-state index contributed by atoms with van der Waals surface area (Å²) in [4.78, 5) is 0. The molecule has 2 bridgehead atoms. The molecule has 5 aliphatic carbocycles.